The predicted molar refractivity (Wildman–Crippen MR) is 135 cm³/mol. The zero-order valence-electron chi connectivity index (χ0n) is 19.6. The number of guanidine groups is 1. The van der Waals surface area contributed by atoms with E-state index in [0.717, 1.165) is 51.4 Å². The van der Waals surface area contributed by atoms with E-state index in [4.69, 9.17) is 0 Å². The van der Waals surface area contributed by atoms with Crippen molar-refractivity contribution >= 4 is 28.5 Å². The van der Waals surface area contributed by atoms with Crippen LogP contribution in [0.25, 0.3) is 10.9 Å². The maximum atomic E-state index is 12.0. The number of hydrogen-bond acceptors (Lipinski definition) is 2. The number of hydrogen-bond donors (Lipinski definition) is 2. The Kier molecular flexibility index (Phi) is 6.07. The van der Waals surface area contributed by atoms with Crippen LogP contribution in [-0.2, 0) is 11.2 Å². The molecule has 0 saturated carbocycles. The third-order valence-corrected chi connectivity index (χ3v) is 7.14. The first-order chi connectivity index (χ1) is 16.2. The lowest BCUT2D eigenvalue weighted by molar-refractivity contribution is -0.127. The lowest BCUT2D eigenvalue weighted by atomic mass is 9.98. The SMILES string of the molecule is CN=C(NCCc1c[nH]c2c(C)cccc12)N1CC(CCN2CCCC2=O)c2ccccc21. The molecule has 2 N–H and O–H groups in total. The quantitative estimate of drug-likeness (QED) is 0.443. The van der Waals surface area contributed by atoms with Gasteiger partial charge in [-0.3, -0.25) is 9.79 Å². The Hall–Kier alpha value is -3.28. The molecule has 0 spiro atoms. The molecule has 6 heteroatoms. The van der Waals surface area contributed by atoms with Gasteiger partial charge in [0.2, 0.25) is 5.91 Å². The highest BCUT2D eigenvalue weighted by atomic mass is 16.2. The van der Waals surface area contributed by atoms with Gasteiger partial charge in [-0.15, -0.1) is 0 Å². The normalized spacial score (nSPS) is 18.4. The van der Waals surface area contributed by atoms with Crippen LogP contribution in [0, 0.1) is 6.92 Å². The van der Waals surface area contributed by atoms with E-state index in [1.165, 1.54) is 33.3 Å². The molecule has 1 saturated heterocycles. The molecule has 0 aliphatic carbocycles. The molecule has 1 atom stereocenters. The van der Waals surface area contributed by atoms with Crippen molar-refractivity contribution in [1.29, 1.82) is 0 Å². The number of para-hydroxylation sites is 2. The number of aliphatic imine (C=N–C) groups is 1. The molecule has 1 aromatic heterocycles. The fourth-order valence-corrected chi connectivity index (χ4v) is 5.37. The summed E-state index contributed by atoms with van der Waals surface area (Å²) in [5.74, 6) is 1.63. The number of nitrogens with zero attached hydrogens (tertiary/aromatic N) is 3. The van der Waals surface area contributed by atoms with Gasteiger partial charge in [0.1, 0.15) is 0 Å². The molecule has 1 fully saturated rings. The Morgan fingerprint density at radius 3 is 2.91 bits per heavy atom. The number of fused-ring (bicyclic) bond motifs is 2. The Bertz CT molecular complexity index is 1180. The molecule has 6 nitrogen and oxygen atoms in total. The van der Waals surface area contributed by atoms with Crippen LogP contribution in [-0.4, -0.2) is 55.0 Å². The van der Waals surface area contributed by atoms with Crippen molar-refractivity contribution in [1.82, 2.24) is 15.2 Å². The molecule has 1 unspecified atom stereocenters. The lowest BCUT2D eigenvalue weighted by Gasteiger charge is -2.23. The van der Waals surface area contributed by atoms with Gasteiger partial charge in [0.25, 0.3) is 0 Å². The fraction of sp³-hybridized carbons (Fsp3) is 0.407. The summed E-state index contributed by atoms with van der Waals surface area (Å²) in [5.41, 5.74) is 6.42. The Morgan fingerprint density at radius 2 is 2.09 bits per heavy atom. The van der Waals surface area contributed by atoms with E-state index in [2.05, 4.69) is 75.8 Å². The number of amides is 1. The van der Waals surface area contributed by atoms with Gasteiger partial charge in [0.05, 0.1) is 0 Å². The number of carbonyl (C=O) groups excluding carboxylic acids is 1. The highest BCUT2D eigenvalue weighted by molar-refractivity contribution is 5.98. The van der Waals surface area contributed by atoms with Gasteiger partial charge in [-0.1, -0.05) is 36.4 Å². The molecule has 1 amide bonds. The highest BCUT2D eigenvalue weighted by Gasteiger charge is 2.32. The van der Waals surface area contributed by atoms with Gasteiger partial charge in [0, 0.05) is 68.4 Å². The first-order valence-electron chi connectivity index (χ1n) is 12.1. The van der Waals surface area contributed by atoms with E-state index in [1.54, 1.807) is 0 Å². The van der Waals surface area contributed by atoms with Gasteiger partial charge in [-0.2, -0.15) is 0 Å². The number of H-pyrrole nitrogens is 1. The third-order valence-electron chi connectivity index (χ3n) is 7.14. The largest absolute Gasteiger partial charge is 0.361 e. The van der Waals surface area contributed by atoms with E-state index in [0.29, 0.717) is 18.2 Å². The van der Waals surface area contributed by atoms with Crippen molar-refractivity contribution in [2.24, 2.45) is 4.99 Å². The molecule has 5 rings (SSSR count). The topological polar surface area (TPSA) is 63.7 Å². The first-order valence-corrected chi connectivity index (χ1v) is 12.1. The molecule has 0 bridgehead atoms. The summed E-state index contributed by atoms with van der Waals surface area (Å²) in [6.45, 7) is 5.61. The molecule has 3 aromatic rings. The number of benzene rings is 2. The number of aromatic amines is 1. The summed E-state index contributed by atoms with van der Waals surface area (Å²) in [6.07, 6.45) is 5.76. The minimum absolute atomic E-state index is 0.308. The average molecular weight is 444 g/mol. The summed E-state index contributed by atoms with van der Waals surface area (Å²) in [5, 5.41) is 4.89. The van der Waals surface area contributed by atoms with Gasteiger partial charge in [-0.05, 0) is 48.9 Å². The summed E-state index contributed by atoms with van der Waals surface area (Å²) in [4.78, 5) is 24.4. The Labute approximate surface area is 195 Å². The fourth-order valence-electron chi connectivity index (χ4n) is 5.37. The number of rotatable bonds is 6. The number of aromatic nitrogens is 1. The smallest absolute Gasteiger partial charge is 0.222 e. The van der Waals surface area contributed by atoms with Crippen molar-refractivity contribution in [3.05, 3.63) is 65.4 Å². The minimum Gasteiger partial charge on any atom is -0.361 e. The summed E-state index contributed by atoms with van der Waals surface area (Å²) in [6, 6.07) is 15.1. The standard InChI is InChI=1S/C27H33N5O/c1-19-7-5-9-23-20(17-30-26(19)23)12-14-29-27(28-2)32-18-21(22-8-3-4-10-24(22)32)13-16-31-15-6-11-25(31)33/h3-5,7-10,17,21,30H,6,11-16,18H2,1-2H3,(H,28,29). The molecule has 172 valence electrons. The van der Waals surface area contributed by atoms with Gasteiger partial charge >= 0.3 is 0 Å². The van der Waals surface area contributed by atoms with Crippen LogP contribution in [0.3, 0.4) is 0 Å². The van der Waals surface area contributed by atoms with Crippen molar-refractivity contribution in [2.75, 3.05) is 38.1 Å². The first kappa shape index (κ1) is 21.6. The second-order valence-electron chi connectivity index (χ2n) is 9.17. The van der Waals surface area contributed by atoms with Crippen molar-refractivity contribution in [3.8, 4) is 0 Å². The Balaban J connectivity index is 1.25. The predicted octanol–water partition coefficient (Wildman–Crippen LogP) is 4.21. The van der Waals surface area contributed by atoms with Crippen LogP contribution in [0.2, 0.25) is 0 Å². The minimum atomic E-state index is 0.308. The third kappa shape index (κ3) is 4.22. The van der Waals surface area contributed by atoms with E-state index < -0.39 is 0 Å². The van der Waals surface area contributed by atoms with Gasteiger partial charge in [0.15, 0.2) is 5.96 Å². The Morgan fingerprint density at radius 1 is 1.21 bits per heavy atom. The van der Waals surface area contributed by atoms with Crippen LogP contribution in [0.1, 0.15) is 41.9 Å². The summed E-state index contributed by atoms with van der Waals surface area (Å²) >= 11 is 0. The molecule has 2 aliphatic rings. The van der Waals surface area contributed by atoms with Crippen LogP contribution in [0.15, 0.2) is 53.7 Å². The van der Waals surface area contributed by atoms with E-state index in [-0.39, 0.29) is 0 Å². The van der Waals surface area contributed by atoms with Crippen LogP contribution in [0.5, 0.6) is 0 Å². The zero-order valence-corrected chi connectivity index (χ0v) is 19.6. The molecule has 3 heterocycles. The number of aryl methyl sites for hydroxylation is 1. The molecular weight excluding hydrogens is 410 g/mol. The van der Waals surface area contributed by atoms with E-state index >= 15 is 0 Å². The number of nitrogens with one attached hydrogen (secondary N) is 2. The van der Waals surface area contributed by atoms with E-state index in [1.807, 2.05) is 11.9 Å². The lowest BCUT2D eigenvalue weighted by Crippen LogP contribution is -2.42. The zero-order chi connectivity index (χ0) is 22.8. The second kappa shape index (κ2) is 9.30. The monoisotopic (exact) mass is 443 g/mol. The van der Waals surface area contributed by atoms with Crippen molar-refractivity contribution < 1.29 is 4.79 Å². The maximum absolute atomic E-state index is 12.0. The van der Waals surface area contributed by atoms with Crippen molar-refractivity contribution in [3.63, 3.8) is 0 Å². The molecule has 33 heavy (non-hydrogen) atoms. The number of likely N-dealkylation sites (tertiary alicyclic amines) is 1. The molecular formula is C27H33N5O. The number of carbonyl (C=O) groups is 1. The van der Waals surface area contributed by atoms with Gasteiger partial charge < -0.3 is 20.1 Å². The summed E-state index contributed by atoms with van der Waals surface area (Å²) in [7, 11) is 1.86. The highest BCUT2D eigenvalue weighted by Crippen LogP contribution is 2.38. The average Bonchev–Trinajstić information content (AvgIpc) is 3.53. The van der Waals surface area contributed by atoms with Gasteiger partial charge in [-0.25, -0.2) is 0 Å². The van der Waals surface area contributed by atoms with Crippen LogP contribution < -0.4 is 10.2 Å². The van der Waals surface area contributed by atoms with E-state index in [9.17, 15) is 4.79 Å². The second-order valence-corrected chi connectivity index (χ2v) is 9.17. The maximum Gasteiger partial charge on any atom is 0.222 e. The molecule has 2 aliphatic heterocycles. The molecule has 0 radical (unpaired) electrons. The number of anilines is 1. The molecule has 2 aromatic carbocycles. The summed E-state index contributed by atoms with van der Waals surface area (Å²) < 4.78 is 0. The van der Waals surface area contributed by atoms with Crippen LogP contribution >= 0.6 is 0 Å². The van der Waals surface area contributed by atoms with Crippen molar-refractivity contribution in [2.45, 2.75) is 38.5 Å². The van der Waals surface area contributed by atoms with Crippen LogP contribution in [0.4, 0.5) is 5.69 Å².